The first-order chi connectivity index (χ1) is 13.0. The van der Waals surface area contributed by atoms with Gasteiger partial charge in [0.2, 0.25) is 15.9 Å². The SMILES string of the molecule is O=C(Cn1cnc2ccccc21)Nc1ccc(S(=O)(=O)N2CCCC2)cc1. The Labute approximate surface area is 157 Å². The van der Waals surface area contributed by atoms with Crippen molar-refractivity contribution in [1.82, 2.24) is 13.9 Å². The third-order valence-electron chi connectivity index (χ3n) is 4.68. The van der Waals surface area contributed by atoms with Crippen LogP contribution in [-0.2, 0) is 21.4 Å². The molecule has 8 heteroatoms. The Hall–Kier alpha value is -2.71. The fraction of sp³-hybridized carbons (Fsp3) is 0.263. The van der Waals surface area contributed by atoms with Crippen LogP contribution < -0.4 is 5.32 Å². The number of amides is 1. The number of hydrogen-bond acceptors (Lipinski definition) is 4. The van der Waals surface area contributed by atoms with E-state index in [0.29, 0.717) is 18.8 Å². The maximum Gasteiger partial charge on any atom is 0.244 e. The molecule has 3 aromatic rings. The summed E-state index contributed by atoms with van der Waals surface area (Å²) < 4.78 is 28.3. The second-order valence-electron chi connectivity index (χ2n) is 6.54. The number of nitrogens with one attached hydrogen (secondary N) is 1. The monoisotopic (exact) mass is 384 g/mol. The molecule has 2 aromatic carbocycles. The second kappa shape index (κ2) is 7.13. The molecule has 1 aliphatic rings. The van der Waals surface area contributed by atoms with Crippen molar-refractivity contribution in [3.8, 4) is 0 Å². The highest BCUT2D eigenvalue weighted by molar-refractivity contribution is 7.89. The molecule has 1 fully saturated rings. The smallest absolute Gasteiger partial charge is 0.244 e. The zero-order valence-corrected chi connectivity index (χ0v) is 15.5. The van der Waals surface area contributed by atoms with Gasteiger partial charge in [0.1, 0.15) is 6.54 Å². The number of imidazole rings is 1. The van der Waals surface area contributed by atoms with Crippen LogP contribution in [-0.4, -0.2) is 41.3 Å². The molecule has 0 spiro atoms. The summed E-state index contributed by atoms with van der Waals surface area (Å²) in [6.45, 7) is 1.27. The van der Waals surface area contributed by atoms with Gasteiger partial charge in [-0.2, -0.15) is 4.31 Å². The Bertz CT molecular complexity index is 1070. The summed E-state index contributed by atoms with van der Waals surface area (Å²) in [6, 6.07) is 13.9. The highest BCUT2D eigenvalue weighted by Gasteiger charge is 2.26. The van der Waals surface area contributed by atoms with Gasteiger partial charge in [0, 0.05) is 18.8 Å². The topological polar surface area (TPSA) is 84.3 Å². The number of para-hydroxylation sites is 2. The number of nitrogens with zero attached hydrogens (tertiary/aromatic N) is 3. The van der Waals surface area contributed by atoms with Crippen LogP contribution >= 0.6 is 0 Å². The van der Waals surface area contributed by atoms with Crippen molar-refractivity contribution < 1.29 is 13.2 Å². The molecule has 2 heterocycles. The third kappa shape index (κ3) is 3.58. The van der Waals surface area contributed by atoms with E-state index >= 15 is 0 Å². The summed E-state index contributed by atoms with van der Waals surface area (Å²) in [5.74, 6) is -0.201. The highest BCUT2D eigenvalue weighted by Crippen LogP contribution is 2.22. The van der Waals surface area contributed by atoms with E-state index in [4.69, 9.17) is 0 Å². The van der Waals surface area contributed by atoms with Crippen molar-refractivity contribution in [2.24, 2.45) is 0 Å². The van der Waals surface area contributed by atoms with Crippen molar-refractivity contribution >= 4 is 32.7 Å². The van der Waals surface area contributed by atoms with Crippen LogP contribution in [0.5, 0.6) is 0 Å². The second-order valence-corrected chi connectivity index (χ2v) is 8.48. The fourth-order valence-electron chi connectivity index (χ4n) is 3.28. The predicted octanol–water partition coefficient (Wildman–Crippen LogP) is 2.46. The van der Waals surface area contributed by atoms with Crippen LogP contribution in [0.2, 0.25) is 0 Å². The molecule has 0 saturated carbocycles. The van der Waals surface area contributed by atoms with E-state index in [9.17, 15) is 13.2 Å². The Morgan fingerprint density at radius 2 is 1.74 bits per heavy atom. The Kier molecular flexibility index (Phi) is 4.67. The average molecular weight is 384 g/mol. The largest absolute Gasteiger partial charge is 0.325 e. The summed E-state index contributed by atoms with van der Waals surface area (Å²) in [5.41, 5.74) is 2.28. The fourth-order valence-corrected chi connectivity index (χ4v) is 4.80. The predicted molar refractivity (Wildman–Crippen MR) is 103 cm³/mol. The Morgan fingerprint density at radius 1 is 1.04 bits per heavy atom. The van der Waals surface area contributed by atoms with Crippen LogP contribution in [0, 0.1) is 0 Å². The number of aromatic nitrogens is 2. The van der Waals surface area contributed by atoms with Crippen LogP contribution in [0.25, 0.3) is 11.0 Å². The lowest BCUT2D eigenvalue weighted by Gasteiger charge is -2.15. The summed E-state index contributed by atoms with van der Waals surface area (Å²) in [6.07, 6.45) is 3.43. The molecule has 1 amide bonds. The van der Waals surface area contributed by atoms with E-state index in [-0.39, 0.29) is 17.3 Å². The third-order valence-corrected chi connectivity index (χ3v) is 6.60. The standard InChI is InChI=1S/C19H20N4O3S/c24-19(13-22-14-20-17-5-1-2-6-18(17)22)21-15-7-9-16(10-8-15)27(25,26)23-11-3-4-12-23/h1-2,5-10,14H,3-4,11-13H2,(H,21,24). The van der Waals surface area contributed by atoms with E-state index in [0.717, 1.165) is 23.9 Å². The van der Waals surface area contributed by atoms with Gasteiger partial charge in [-0.25, -0.2) is 13.4 Å². The zero-order chi connectivity index (χ0) is 18.9. The van der Waals surface area contributed by atoms with Crippen LogP contribution in [0.15, 0.2) is 59.8 Å². The zero-order valence-electron chi connectivity index (χ0n) is 14.7. The van der Waals surface area contributed by atoms with Crippen molar-refractivity contribution in [3.05, 3.63) is 54.9 Å². The Balaban J connectivity index is 1.44. The molecule has 0 bridgehead atoms. The van der Waals surface area contributed by atoms with Crippen molar-refractivity contribution in [2.75, 3.05) is 18.4 Å². The molecular formula is C19H20N4O3S. The minimum atomic E-state index is -3.44. The first kappa shape index (κ1) is 17.7. The number of hydrogen-bond donors (Lipinski definition) is 1. The summed E-state index contributed by atoms with van der Waals surface area (Å²) >= 11 is 0. The van der Waals surface area contributed by atoms with E-state index in [1.807, 2.05) is 24.3 Å². The van der Waals surface area contributed by atoms with Gasteiger partial charge in [0.25, 0.3) is 0 Å². The van der Waals surface area contributed by atoms with Gasteiger partial charge in [0.15, 0.2) is 0 Å². The number of sulfonamides is 1. The Morgan fingerprint density at radius 3 is 2.48 bits per heavy atom. The van der Waals surface area contributed by atoms with Crippen molar-refractivity contribution in [2.45, 2.75) is 24.3 Å². The molecule has 0 aliphatic carbocycles. The molecule has 140 valence electrons. The van der Waals surface area contributed by atoms with Gasteiger partial charge >= 0.3 is 0 Å². The quantitative estimate of drug-likeness (QED) is 0.732. The van der Waals surface area contributed by atoms with E-state index in [1.54, 1.807) is 23.0 Å². The molecule has 1 aliphatic heterocycles. The molecule has 1 saturated heterocycles. The number of fused-ring (bicyclic) bond motifs is 1. The van der Waals surface area contributed by atoms with Gasteiger partial charge in [-0.05, 0) is 49.2 Å². The maximum atomic E-state index is 12.5. The normalized spacial score (nSPS) is 15.3. The molecule has 4 rings (SSSR count). The van der Waals surface area contributed by atoms with Crippen LogP contribution in [0.3, 0.4) is 0 Å². The van der Waals surface area contributed by atoms with Crippen LogP contribution in [0.1, 0.15) is 12.8 Å². The van der Waals surface area contributed by atoms with Gasteiger partial charge in [-0.3, -0.25) is 4.79 Å². The number of anilines is 1. The number of carbonyl (C=O) groups excluding carboxylic acids is 1. The average Bonchev–Trinajstić information content (AvgIpc) is 3.33. The molecular weight excluding hydrogens is 364 g/mol. The lowest BCUT2D eigenvalue weighted by molar-refractivity contribution is -0.116. The molecule has 1 N–H and O–H groups in total. The molecule has 0 radical (unpaired) electrons. The summed E-state index contributed by atoms with van der Waals surface area (Å²) in [5, 5.41) is 2.80. The van der Waals surface area contributed by atoms with Gasteiger partial charge in [0.05, 0.1) is 22.3 Å². The molecule has 0 unspecified atom stereocenters. The lowest BCUT2D eigenvalue weighted by Crippen LogP contribution is -2.27. The van der Waals surface area contributed by atoms with Crippen molar-refractivity contribution in [1.29, 1.82) is 0 Å². The number of benzene rings is 2. The molecule has 27 heavy (non-hydrogen) atoms. The van der Waals surface area contributed by atoms with E-state index < -0.39 is 10.0 Å². The summed E-state index contributed by atoms with van der Waals surface area (Å²) in [7, 11) is -3.44. The summed E-state index contributed by atoms with van der Waals surface area (Å²) in [4.78, 5) is 16.8. The van der Waals surface area contributed by atoms with Gasteiger partial charge in [-0.15, -0.1) is 0 Å². The van der Waals surface area contributed by atoms with E-state index in [2.05, 4.69) is 10.3 Å². The number of carbonyl (C=O) groups is 1. The lowest BCUT2D eigenvalue weighted by atomic mass is 10.3. The molecule has 1 aromatic heterocycles. The minimum absolute atomic E-state index is 0.133. The minimum Gasteiger partial charge on any atom is -0.325 e. The van der Waals surface area contributed by atoms with Gasteiger partial charge in [-0.1, -0.05) is 12.1 Å². The van der Waals surface area contributed by atoms with Gasteiger partial charge < -0.3 is 9.88 Å². The van der Waals surface area contributed by atoms with Crippen molar-refractivity contribution in [3.63, 3.8) is 0 Å². The van der Waals surface area contributed by atoms with Crippen LogP contribution in [0.4, 0.5) is 5.69 Å². The maximum absolute atomic E-state index is 12.5. The van der Waals surface area contributed by atoms with E-state index in [1.165, 1.54) is 16.4 Å². The molecule has 0 atom stereocenters. The molecule has 7 nitrogen and oxygen atoms in total. The number of rotatable bonds is 5. The first-order valence-electron chi connectivity index (χ1n) is 8.84. The first-order valence-corrected chi connectivity index (χ1v) is 10.3. The highest BCUT2D eigenvalue weighted by atomic mass is 32.2.